The Kier molecular flexibility index (Phi) is 6.29. The first-order chi connectivity index (χ1) is 14.4. The van der Waals surface area contributed by atoms with Gasteiger partial charge in [-0.1, -0.05) is 50.2 Å². The topological polar surface area (TPSA) is 98.9 Å². The standard InChI is InChI=1S/C21H24ClN5O3S/c1-11-7-8-12(22)9-13(11)23-14(28)10-31-17-15-16(24-19(25-17)21(2,3)4)26(5)20(30)27(6)18(15)29/h7-9H,10H2,1-6H3,(H,23,28). The summed E-state index contributed by atoms with van der Waals surface area (Å²) in [6.45, 7) is 7.69. The molecule has 8 nitrogen and oxygen atoms in total. The van der Waals surface area contributed by atoms with Gasteiger partial charge in [0.2, 0.25) is 5.91 Å². The van der Waals surface area contributed by atoms with Crippen LogP contribution in [-0.2, 0) is 24.3 Å². The van der Waals surface area contributed by atoms with Gasteiger partial charge >= 0.3 is 5.69 Å². The number of fused-ring (bicyclic) bond motifs is 1. The Balaban J connectivity index is 2.02. The van der Waals surface area contributed by atoms with Crippen molar-refractivity contribution in [3.05, 3.63) is 55.4 Å². The number of nitrogens with zero attached hydrogens (tertiary/aromatic N) is 4. The molecule has 2 heterocycles. The minimum absolute atomic E-state index is 0.0215. The summed E-state index contributed by atoms with van der Waals surface area (Å²) in [5.41, 5.74) is 0.379. The van der Waals surface area contributed by atoms with Gasteiger partial charge in [-0.15, -0.1) is 0 Å². The molecule has 2 aromatic heterocycles. The van der Waals surface area contributed by atoms with E-state index in [2.05, 4.69) is 15.3 Å². The predicted molar refractivity (Wildman–Crippen MR) is 124 cm³/mol. The summed E-state index contributed by atoms with van der Waals surface area (Å²) in [4.78, 5) is 46.9. The van der Waals surface area contributed by atoms with Crippen molar-refractivity contribution in [2.45, 2.75) is 38.1 Å². The summed E-state index contributed by atoms with van der Waals surface area (Å²) in [5, 5.41) is 3.94. The Morgan fingerprint density at radius 1 is 1.16 bits per heavy atom. The van der Waals surface area contributed by atoms with Crippen LogP contribution in [-0.4, -0.2) is 30.8 Å². The fraction of sp³-hybridized carbons (Fsp3) is 0.381. The highest BCUT2D eigenvalue weighted by molar-refractivity contribution is 8.00. The van der Waals surface area contributed by atoms with Gasteiger partial charge in [0.25, 0.3) is 5.56 Å². The molecule has 1 amide bonds. The second-order valence-corrected chi connectivity index (χ2v) is 9.70. The van der Waals surface area contributed by atoms with Crippen LogP contribution in [0.25, 0.3) is 11.0 Å². The zero-order valence-electron chi connectivity index (χ0n) is 18.2. The van der Waals surface area contributed by atoms with Crippen molar-refractivity contribution in [2.75, 3.05) is 11.1 Å². The van der Waals surface area contributed by atoms with E-state index in [-0.39, 0.29) is 22.7 Å². The van der Waals surface area contributed by atoms with Crippen LogP contribution in [0.2, 0.25) is 5.02 Å². The van der Waals surface area contributed by atoms with Crippen LogP contribution >= 0.6 is 23.4 Å². The molecule has 0 saturated carbocycles. The molecule has 0 fully saturated rings. The number of rotatable bonds is 4. The minimum atomic E-state index is -0.493. The maximum atomic E-state index is 12.8. The summed E-state index contributed by atoms with van der Waals surface area (Å²) in [7, 11) is 2.97. The van der Waals surface area contributed by atoms with Crippen molar-refractivity contribution in [2.24, 2.45) is 14.1 Å². The number of hydrogen-bond donors (Lipinski definition) is 1. The quantitative estimate of drug-likeness (QED) is 0.473. The lowest BCUT2D eigenvalue weighted by Gasteiger charge is -2.19. The molecule has 0 unspecified atom stereocenters. The Hall–Kier alpha value is -2.65. The molecule has 0 aliphatic heterocycles. The maximum absolute atomic E-state index is 12.8. The Morgan fingerprint density at radius 2 is 1.84 bits per heavy atom. The number of halogens is 1. The van der Waals surface area contributed by atoms with Gasteiger partial charge in [0.1, 0.15) is 16.2 Å². The van der Waals surface area contributed by atoms with Gasteiger partial charge in [-0.2, -0.15) is 0 Å². The molecular formula is C21H24ClN5O3S. The molecule has 0 atom stereocenters. The summed E-state index contributed by atoms with van der Waals surface area (Å²) >= 11 is 7.15. The molecule has 1 N–H and O–H groups in total. The fourth-order valence-corrected chi connectivity index (χ4v) is 3.90. The Morgan fingerprint density at radius 3 is 2.48 bits per heavy atom. The Bertz CT molecular complexity index is 1310. The number of thioether (sulfide) groups is 1. The number of anilines is 1. The Labute approximate surface area is 188 Å². The average molecular weight is 462 g/mol. The number of carbonyl (C=O) groups is 1. The number of aryl methyl sites for hydroxylation is 2. The first kappa shape index (κ1) is 23.0. The minimum Gasteiger partial charge on any atom is -0.325 e. The van der Waals surface area contributed by atoms with Gasteiger partial charge in [0.05, 0.1) is 5.75 Å². The molecule has 10 heteroatoms. The fourth-order valence-electron chi connectivity index (χ4n) is 2.92. The lowest BCUT2D eigenvalue weighted by molar-refractivity contribution is -0.113. The second kappa shape index (κ2) is 8.47. The van der Waals surface area contributed by atoms with Crippen molar-refractivity contribution in [1.29, 1.82) is 0 Å². The average Bonchev–Trinajstić information content (AvgIpc) is 2.70. The van der Waals surface area contributed by atoms with E-state index in [1.807, 2.05) is 33.8 Å². The number of amides is 1. The predicted octanol–water partition coefficient (Wildman–Crippen LogP) is 3.02. The SMILES string of the molecule is Cc1ccc(Cl)cc1NC(=O)CSc1nc(C(C)(C)C)nc2c1c(=O)n(C)c(=O)n2C. The van der Waals surface area contributed by atoms with E-state index in [9.17, 15) is 14.4 Å². The molecule has 3 aromatic rings. The molecule has 0 spiro atoms. The number of benzene rings is 1. The van der Waals surface area contributed by atoms with Gasteiger partial charge in [0.15, 0.2) is 5.65 Å². The number of aromatic nitrogens is 4. The molecule has 0 aliphatic rings. The molecule has 0 aliphatic carbocycles. The molecule has 31 heavy (non-hydrogen) atoms. The van der Waals surface area contributed by atoms with E-state index >= 15 is 0 Å². The summed E-state index contributed by atoms with van der Waals surface area (Å²) in [6, 6.07) is 5.26. The van der Waals surface area contributed by atoms with Crippen LogP contribution in [0.1, 0.15) is 32.2 Å². The van der Waals surface area contributed by atoms with Crippen molar-refractivity contribution in [3.8, 4) is 0 Å². The molecule has 0 bridgehead atoms. The molecule has 164 valence electrons. The van der Waals surface area contributed by atoms with E-state index in [0.717, 1.165) is 21.9 Å². The van der Waals surface area contributed by atoms with Gasteiger partial charge in [-0.25, -0.2) is 14.8 Å². The molecular weight excluding hydrogens is 438 g/mol. The number of hydrogen-bond acceptors (Lipinski definition) is 6. The van der Waals surface area contributed by atoms with Crippen LogP contribution in [0.4, 0.5) is 5.69 Å². The van der Waals surface area contributed by atoms with Gasteiger partial charge < -0.3 is 5.32 Å². The third kappa shape index (κ3) is 4.67. The van der Waals surface area contributed by atoms with Crippen LogP contribution in [0.15, 0.2) is 32.8 Å². The van der Waals surface area contributed by atoms with E-state index < -0.39 is 16.7 Å². The summed E-state index contributed by atoms with van der Waals surface area (Å²) in [6.07, 6.45) is 0. The van der Waals surface area contributed by atoms with E-state index in [0.29, 0.717) is 21.6 Å². The zero-order chi connectivity index (χ0) is 23.1. The third-order valence-electron chi connectivity index (χ3n) is 4.75. The van der Waals surface area contributed by atoms with Crippen molar-refractivity contribution >= 4 is 46.0 Å². The lowest BCUT2D eigenvalue weighted by Crippen LogP contribution is -2.38. The first-order valence-electron chi connectivity index (χ1n) is 9.57. The zero-order valence-corrected chi connectivity index (χ0v) is 19.8. The van der Waals surface area contributed by atoms with Crippen LogP contribution in [0.5, 0.6) is 0 Å². The van der Waals surface area contributed by atoms with Crippen molar-refractivity contribution < 1.29 is 4.79 Å². The monoisotopic (exact) mass is 461 g/mol. The molecule has 1 aromatic carbocycles. The highest BCUT2D eigenvalue weighted by atomic mass is 35.5. The van der Waals surface area contributed by atoms with Crippen molar-refractivity contribution in [1.82, 2.24) is 19.1 Å². The van der Waals surface area contributed by atoms with Crippen LogP contribution in [0, 0.1) is 6.92 Å². The highest BCUT2D eigenvalue weighted by Gasteiger charge is 2.24. The summed E-state index contributed by atoms with van der Waals surface area (Å²) < 4.78 is 2.34. The van der Waals surface area contributed by atoms with E-state index in [1.165, 1.54) is 11.6 Å². The van der Waals surface area contributed by atoms with E-state index in [4.69, 9.17) is 11.6 Å². The lowest BCUT2D eigenvalue weighted by atomic mass is 9.96. The third-order valence-corrected chi connectivity index (χ3v) is 5.96. The summed E-state index contributed by atoms with van der Waals surface area (Å²) in [5.74, 6) is 0.242. The van der Waals surface area contributed by atoms with Gasteiger partial charge in [-0.05, 0) is 24.6 Å². The van der Waals surface area contributed by atoms with Crippen molar-refractivity contribution in [3.63, 3.8) is 0 Å². The number of nitrogens with one attached hydrogen (secondary N) is 1. The second-order valence-electron chi connectivity index (χ2n) is 8.30. The number of carbonyl (C=O) groups excluding carboxylic acids is 1. The normalized spacial score (nSPS) is 11.7. The first-order valence-corrected chi connectivity index (χ1v) is 10.9. The largest absolute Gasteiger partial charge is 0.332 e. The molecule has 3 rings (SSSR count). The van der Waals surface area contributed by atoms with E-state index in [1.54, 1.807) is 19.2 Å². The van der Waals surface area contributed by atoms with Gasteiger partial charge in [0, 0.05) is 30.2 Å². The van der Waals surface area contributed by atoms with Crippen LogP contribution in [0.3, 0.4) is 0 Å². The van der Waals surface area contributed by atoms with Gasteiger partial charge in [-0.3, -0.25) is 18.7 Å². The molecule has 0 saturated heterocycles. The van der Waals surface area contributed by atoms with Crippen LogP contribution < -0.4 is 16.6 Å². The molecule has 0 radical (unpaired) electrons. The maximum Gasteiger partial charge on any atom is 0.332 e. The highest BCUT2D eigenvalue weighted by Crippen LogP contribution is 2.27. The smallest absolute Gasteiger partial charge is 0.325 e.